The van der Waals surface area contributed by atoms with Crippen LogP contribution in [-0.4, -0.2) is 22.2 Å². The van der Waals surface area contributed by atoms with Gasteiger partial charge in [0.05, 0.1) is 0 Å². The lowest BCUT2D eigenvalue weighted by molar-refractivity contribution is -0.777. The van der Waals surface area contributed by atoms with E-state index in [-0.39, 0.29) is 6.42 Å². The molecule has 0 unspecified atom stereocenters. The first-order valence-electron chi connectivity index (χ1n) is 4.04. The van der Waals surface area contributed by atoms with Crippen LogP contribution in [0.3, 0.4) is 0 Å². The summed E-state index contributed by atoms with van der Waals surface area (Å²) in [5.74, 6) is 0. The highest BCUT2D eigenvalue weighted by atomic mass is 17.0. The highest BCUT2D eigenvalue weighted by molar-refractivity contribution is 4.82. The highest BCUT2D eigenvalue weighted by Crippen LogP contribution is 2.08. The highest BCUT2D eigenvalue weighted by Gasteiger charge is 2.29. The fourth-order valence-electron chi connectivity index (χ4n) is 0.931. The van der Waals surface area contributed by atoms with Crippen molar-refractivity contribution in [3.63, 3.8) is 0 Å². The van der Waals surface area contributed by atoms with E-state index in [4.69, 9.17) is 0 Å². The second-order valence-corrected chi connectivity index (χ2v) is 2.69. The molecule has 0 saturated heterocycles. The van der Waals surface area contributed by atoms with E-state index < -0.39 is 22.2 Å². The molecule has 0 rings (SSSR count). The minimum Gasteiger partial charge on any atom is -0.304 e. The van der Waals surface area contributed by atoms with Crippen LogP contribution in [-0.2, 0) is 4.84 Å². The lowest BCUT2D eigenvalue weighted by atomic mass is 10.1. The molecule has 0 bridgehead atoms. The summed E-state index contributed by atoms with van der Waals surface area (Å²) in [7, 11) is 0. The average molecular weight is 204 g/mol. The molecule has 0 saturated carbocycles. The number of nitro groups is 1. The minimum atomic E-state index is -1.09. The predicted molar refractivity (Wildman–Crippen MR) is 47.8 cm³/mol. The van der Waals surface area contributed by atoms with Gasteiger partial charge in [-0.25, -0.2) is 0 Å². The monoisotopic (exact) mass is 204 g/mol. The van der Waals surface area contributed by atoms with Gasteiger partial charge in [-0.1, -0.05) is 12.2 Å². The first kappa shape index (κ1) is 12.3. The van der Waals surface area contributed by atoms with E-state index in [0.717, 1.165) is 0 Å². The van der Waals surface area contributed by atoms with E-state index >= 15 is 0 Å². The maximum absolute atomic E-state index is 10.5. The second-order valence-electron chi connectivity index (χ2n) is 2.69. The van der Waals surface area contributed by atoms with Gasteiger partial charge in [0, 0.05) is 11.3 Å². The van der Waals surface area contributed by atoms with Crippen molar-refractivity contribution < 1.29 is 14.8 Å². The van der Waals surface area contributed by atoms with Crippen LogP contribution in [0.4, 0.5) is 0 Å². The fraction of sp³-hybridized carbons (Fsp3) is 0.714. The van der Waals surface area contributed by atoms with Crippen molar-refractivity contribution in [1.29, 1.82) is 0 Å². The summed E-state index contributed by atoms with van der Waals surface area (Å²) in [6, 6.07) is -1.09. The summed E-state index contributed by atoms with van der Waals surface area (Å²) in [6.07, 6.45) is 2.30. The molecule has 0 amide bonds. The van der Waals surface area contributed by atoms with Crippen LogP contribution in [0, 0.1) is 20.2 Å². The van der Waals surface area contributed by atoms with Crippen molar-refractivity contribution >= 4 is 0 Å². The molecule has 80 valence electrons. The first-order chi connectivity index (χ1) is 6.49. The maximum Gasteiger partial charge on any atom is 0.295 e. The Morgan fingerprint density at radius 2 is 2.00 bits per heavy atom. The fourth-order valence-corrected chi connectivity index (χ4v) is 0.931. The van der Waals surface area contributed by atoms with Crippen LogP contribution < -0.4 is 0 Å². The third-order valence-electron chi connectivity index (χ3n) is 1.68. The molecule has 0 aliphatic heterocycles. The molecule has 2 atom stereocenters. The topological polar surface area (TPSA) is 95.5 Å². The van der Waals surface area contributed by atoms with E-state index in [1.54, 1.807) is 19.1 Å². The van der Waals surface area contributed by atoms with E-state index in [0.29, 0.717) is 0 Å². The van der Waals surface area contributed by atoms with E-state index in [1.807, 2.05) is 0 Å². The number of allylic oxidation sites excluding steroid dienone is 1. The van der Waals surface area contributed by atoms with Crippen LogP contribution in [0.25, 0.3) is 0 Å². The van der Waals surface area contributed by atoms with Crippen molar-refractivity contribution in [3.05, 3.63) is 32.4 Å². The van der Waals surface area contributed by atoms with E-state index in [1.165, 1.54) is 6.92 Å². The molecular weight excluding hydrogens is 192 g/mol. The van der Waals surface area contributed by atoms with Gasteiger partial charge in [-0.05, 0) is 13.8 Å². The average Bonchev–Trinajstić information content (AvgIpc) is 2.02. The molecule has 0 aromatic carbocycles. The molecule has 0 aliphatic carbocycles. The summed E-state index contributed by atoms with van der Waals surface area (Å²) in [5, 5.41) is 19.4. The number of rotatable bonds is 6. The summed E-state index contributed by atoms with van der Waals surface area (Å²) in [4.78, 5) is 24.0. The van der Waals surface area contributed by atoms with Crippen LogP contribution in [0.1, 0.15) is 20.3 Å². The standard InChI is InChI=1S/C7H12N2O5/c1-3-4-5-7(8(10)11)6(2)14-9(12)13/h3-4,6-7H,5H2,1-2H3/b4-3-/t6-,7-/m1/s1. The Kier molecular flexibility index (Phi) is 5.20. The van der Waals surface area contributed by atoms with Gasteiger partial charge >= 0.3 is 0 Å². The smallest absolute Gasteiger partial charge is 0.295 e. The van der Waals surface area contributed by atoms with Crippen molar-refractivity contribution in [1.82, 2.24) is 0 Å². The molecule has 0 radical (unpaired) electrons. The Morgan fingerprint density at radius 3 is 2.36 bits per heavy atom. The lowest BCUT2D eigenvalue weighted by Gasteiger charge is -2.13. The van der Waals surface area contributed by atoms with Gasteiger partial charge in [0.1, 0.15) is 0 Å². The maximum atomic E-state index is 10.5. The molecule has 0 N–H and O–H groups in total. The zero-order chi connectivity index (χ0) is 11.1. The zero-order valence-corrected chi connectivity index (χ0v) is 7.95. The molecule has 0 aromatic rings. The van der Waals surface area contributed by atoms with Gasteiger partial charge in [-0.3, -0.25) is 10.1 Å². The van der Waals surface area contributed by atoms with Gasteiger partial charge in [-0.2, -0.15) is 0 Å². The molecule has 7 nitrogen and oxygen atoms in total. The summed E-state index contributed by atoms with van der Waals surface area (Å²) in [5.41, 5.74) is 0. The molecule has 0 fully saturated rings. The first-order valence-corrected chi connectivity index (χ1v) is 4.04. The number of hydrogen-bond acceptors (Lipinski definition) is 5. The summed E-state index contributed by atoms with van der Waals surface area (Å²) >= 11 is 0. The van der Waals surface area contributed by atoms with Gasteiger partial charge in [0.25, 0.3) is 5.09 Å². The molecule has 0 spiro atoms. The Bertz CT molecular complexity index is 240. The molecule has 14 heavy (non-hydrogen) atoms. The largest absolute Gasteiger partial charge is 0.304 e. The van der Waals surface area contributed by atoms with E-state index in [2.05, 4.69) is 4.84 Å². The van der Waals surface area contributed by atoms with Crippen LogP contribution >= 0.6 is 0 Å². The Morgan fingerprint density at radius 1 is 1.43 bits per heavy atom. The van der Waals surface area contributed by atoms with Crippen molar-refractivity contribution in [2.45, 2.75) is 32.4 Å². The van der Waals surface area contributed by atoms with Crippen LogP contribution in [0.2, 0.25) is 0 Å². The Labute approximate surface area is 80.6 Å². The van der Waals surface area contributed by atoms with Crippen LogP contribution in [0.5, 0.6) is 0 Å². The summed E-state index contributed by atoms with van der Waals surface area (Å²) < 4.78 is 0. The summed E-state index contributed by atoms with van der Waals surface area (Å²) in [6.45, 7) is 3.02. The zero-order valence-electron chi connectivity index (χ0n) is 7.95. The number of hydrogen-bond donors (Lipinski definition) is 0. The Hall–Kier alpha value is -1.66. The molecule has 0 heterocycles. The Balaban J connectivity index is 4.32. The lowest BCUT2D eigenvalue weighted by Crippen LogP contribution is -2.34. The normalized spacial score (nSPS) is 15.0. The molecular formula is C7H12N2O5. The number of nitrogens with zero attached hydrogens (tertiary/aromatic N) is 2. The van der Waals surface area contributed by atoms with Crippen LogP contribution in [0.15, 0.2) is 12.2 Å². The molecule has 7 heteroatoms. The van der Waals surface area contributed by atoms with Gasteiger partial charge in [0.15, 0.2) is 6.10 Å². The minimum absolute atomic E-state index is 0.124. The van der Waals surface area contributed by atoms with Crippen molar-refractivity contribution in [2.75, 3.05) is 0 Å². The van der Waals surface area contributed by atoms with Gasteiger partial charge in [-0.15, -0.1) is 10.1 Å². The third-order valence-corrected chi connectivity index (χ3v) is 1.68. The predicted octanol–water partition coefficient (Wildman–Crippen LogP) is 1.19. The van der Waals surface area contributed by atoms with Crippen molar-refractivity contribution in [2.24, 2.45) is 0 Å². The third kappa shape index (κ3) is 4.39. The second kappa shape index (κ2) is 5.90. The quantitative estimate of drug-likeness (QED) is 0.368. The van der Waals surface area contributed by atoms with Gasteiger partial charge in [0.2, 0.25) is 6.04 Å². The molecule has 0 aliphatic rings. The van der Waals surface area contributed by atoms with Crippen molar-refractivity contribution in [3.8, 4) is 0 Å². The SMILES string of the molecule is C/C=C\C[C@H]([C@@H](C)O[N+](=O)[O-])[N+](=O)[O-]. The van der Waals surface area contributed by atoms with Gasteiger partial charge < -0.3 is 4.84 Å². The molecule has 0 aromatic heterocycles. The van der Waals surface area contributed by atoms with E-state index in [9.17, 15) is 20.2 Å².